The lowest BCUT2D eigenvalue weighted by molar-refractivity contribution is 0.0910. The molecule has 0 aliphatic carbocycles. The molecular weight excluding hydrogens is 336 g/mol. The summed E-state index contributed by atoms with van der Waals surface area (Å²) in [6.45, 7) is 2.25. The molecule has 4 aliphatic heterocycles. The second-order valence-corrected chi connectivity index (χ2v) is 10.5. The lowest BCUT2D eigenvalue weighted by Crippen LogP contribution is -2.19. The molecule has 0 saturated carbocycles. The van der Waals surface area contributed by atoms with Gasteiger partial charge >= 0.3 is 31.3 Å². The minimum atomic E-state index is -4.43. The van der Waals surface area contributed by atoms with Crippen LogP contribution in [0.15, 0.2) is 0 Å². The number of aliphatic hydroxyl groups excluding tert-OH is 1. The van der Waals surface area contributed by atoms with Gasteiger partial charge in [0, 0.05) is 6.61 Å². The summed E-state index contributed by atoms with van der Waals surface area (Å²) in [7, 11) is -17.7. The smallest absolute Gasteiger partial charge is 0.396 e. The van der Waals surface area contributed by atoms with Gasteiger partial charge in [0.2, 0.25) is 0 Å². The van der Waals surface area contributed by atoms with E-state index in [9.17, 15) is 18.3 Å². The van der Waals surface area contributed by atoms with Gasteiger partial charge in [-0.3, -0.25) is 0 Å². The van der Waals surface area contributed by atoms with Crippen LogP contribution in [0.2, 0.25) is 0 Å². The second kappa shape index (κ2) is 4.58. The van der Waals surface area contributed by atoms with E-state index in [-0.39, 0.29) is 0 Å². The van der Waals surface area contributed by atoms with Crippen LogP contribution in [0.5, 0.6) is 0 Å². The van der Waals surface area contributed by atoms with Crippen molar-refractivity contribution in [3.63, 3.8) is 0 Å². The molecule has 11 nitrogen and oxygen atoms in total. The molecule has 4 fully saturated rings. The van der Waals surface area contributed by atoms with Crippen molar-refractivity contribution >= 4 is 31.3 Å². The van der Waals surface area contributed by atoms with E-state index in [2.05, 4.69) is 25.9 Å². The minimum Gasteiger partial charge on any atom is -0.396 e. The summed E-state index contributed by atoms with van der Waals surface area (Å²) in [6, 6.07) is 0. The highest BCUT2D eigenvalue weighted by atomic mass is 31.4. The summed E-state index contributed by atoms with van der Waals surface area (Å²) < 4.78 is 69.9. The van der Waals surface area contributed by atoms with Gasteiger partial charge in [0.1, 0.15) is 0 Å². The van der Waals surface area contributed by atoms with E-state index in [0.29, 0.717) is 6.61 Å². The van der Waals surface area contributed by atoms with E-state index in [4.69, 9.17) is 5.11 Å². The fourth-order valence-electron chi connectivity index (χ4n) is 0.914. The molecule has 0 unspecified atom stereocenters. The molecule has 4 saturated heterocycles. The maximum Gasteiger partial charge on any atom is 0.501 e. The molecule has 106 valence electrons. The second-order valence-electron chi connectivity index (χ2n) is 3.00. The number of rotatable bonds is 1. The van der Waals surface area contributed by atoms with Crippen molar-refractivity contribution in [1.29, 1.82) is 0 Å². The highest BCUT2D eigenvalue weighted by Crippen LogP contribution is 2.99. The number of phosphoric acid groups is 4. The Morgan fingerprint density at radius 1 is 0.722 bits per heavy atom. The first-order chi connectivity index (χ1) is 8.16. The topological polar surface area (TPSA) is 144 Å². The van der Waals surface area contributed by atoms with Crippen molar-refractivity contribution in [2.45, 2.75) is 13.3 Å². The summed E-state index contributed by atoms with van der Waals surface area (Å²) in [5.41, 5.74) is 0. The third-order valence-electron chi connectivity index (χ3n) is 1.42. The van der Waals surface area contributed by atoms with Crippen molar-refractivity contribution in [2.75, 3.05) is 6.61 Å². The number of hydrogen-bond donors (Lipinski definition) is 1. The molecule has 4 aliphatic rings. The molecule has 0 aromatic rings. The van der Waals surface area contributed by atoms with Crippen molar-refractivity contribution in [2.24, 2.45) is 0 Å². The van der Waals surface area contributed by atoms with Crippen LogP contribution in [0.4, 0.5) is 0 Å². The molecular formula is C3H8O11P4. The van der Waals surface area contributed by atoms with Gasteiger partial charge in [-0.25, -0.2) is 18.3 Å². The van der Waals surface area contributed by atoms with Crippen LogP contribution in [-0.4, -0.2) is 11.7 Å². The summed E-state index contributed by atoms with van der Waals surface area (Å²) in [5, 5.41) is 7.88. The monoisotopic (exact) mass is 344 g/mol. The molecule has 18 heavy (non-hydrogen) atoms. The molecule has 4 heterocycles. The van der Waals surface area contributed by atoms with Crippen LogP contribution in [0, 0.1) is 0 Å². The van der Waals surface area contributed by atoms with E-state index in [1.165, 1.54) is 0 Å². The van der Waals surface area contributed by atoms with Crippen molar-refractivity contribution in [1.82, 2.24) is 0 Å². The van der Waals surface area contributed by atoms with Crippen LogP contribution in [0.1, 0.15) is 13.3 Å². The van der Waals surface area contributed by atoms with Gasteiger partial charge in [-0.05, 0) is 6.42 Å². The Kier molecular flexibility index (Phi) is 3.83. The third kappa shape index (κ3) is 2.87. The van der Waals surface area contributed by atoms with E-state index < -0.39 is 31.3 Å². The maximum atomic E-state index is 11.3. The first kappa shape index (κ1) is 15.0. The normalized spacial score (nSPS) is 52.8. The van der Waals surface area contributed by atoms with Crippen molar-refractivity contribution in [3.8, 4) is 0 Å². The van der Waals surface area contributed by atoms with Crippen LogP contribution in [0.25, 0.3) is 0 Å². The zero-order valence-corrected chi connectivity index (χ0v) is 12.3. The van der Waals surface area contributed by atoms with E-state index in [1.54, 1.807) is 0 Å². The molecule has 0 amide bonds. The Morgan fingerprint density at radius 2 is 0.889 bits per heavy atom. The lowest BCUT2D eigenvalue weighted by atomic mass is 10.5. The standard InChI is InChI=1S/C3H8O.O10P4/c1-2-3-4;1-11-5-12(2)8-13(3,6-11)10-14(4,7-11)9-12/h4H,2-3H2,1H3;. The van der Waals surface area contributed by atoms with E-state index >= 15 is 0 Å². The molecule has 0 aromatic carbocycles. The van der Waals surface area contributed by atoms with Crippen LogP contribution in [-0.2, 0) is 44.1 Å². The first-order valence-electron chi connectivity index (χ1n) is 4.44. The quantitative estimate of drug-likeness (QED) is 0.701. The molecule has 4 bridgehead atoms. The van der Waals surface area contributed by atoms with Crippen LogP contribution < -0.4 is 0 Å². The van der Waals surface area contributed by atoms with Crippen LogP contribution in [0.3, 0.4) is 0 Å². The van der Waals surface area contributed by atoms with Gasteiger partial charge in [0.05, 0.1) is 0 Å². The summed E-state index contributed by atoms with van der Waals surface area (Å²) in [5.74, 6) is 0. The molecule has 1 N–H and O–H groups in total. The third-order valence-corrected chi connectivity index (χ3v) is 11.0. The SMILES string of the molecule is CCCO.O=P12OP3(=O)OP(=O)(O1)OP(=O)(O2)O3. The van der Waals surface area contributed by atoms with Gasteiger partial charge in [0.25, 0.3) is 0 Å². The molecule has 4 rings (SSSR count). The molecule has 0 aromatic heterocycles. The first-order valence-corrected chi connectivity index (χ1v) is 10.3. The average molecular weight is 344 g/mol. The molecule has 15 heteroatoms. The Balaban J connectivity index is 0.000000267. The van der Waals surface area contributed by atoms with E-state index in [0.717, 1.165) is 6.42 Å². The van der Waals surface area contributed by atoms with Gasteiger partial charge < -0.3 is 5.11 Å². The molecule has 0 spiro atoms. The minimum absolute atomic E-state index is 0.319. The fraction of sp³-hybridized carbons (Fsp3) is 1.00. The van der Waals surface area contributed by atoms with Gasteiger partial charge in [-0.1, -0.05) is 6.92 Å². The zero-order valence-electron chi connectivity index (χ0n) is 8.73. The Hall–Kier alpha value is 0.640. The van der Waals surface area contributed by atoms with E-state index in [1.807, 2.05) is 6.92 Å². The van der Waals surface area contributed by atoms with Gasteiger partial charge in [-0.15, -0.1) is 0 Å². The highest BCUT2D eigenvalue weighted by Gasteiger charge is 2.74. The highest BCUT2D eigenvalue weighted by molar-refractivity contribution is 7.88. The lowest BCUT2D eigenvalue weighted by Gasteiger charge is -2.41. The van der Waals surface area contributed by atoms with Crippen molar-refractivity contribution < 1.29 is 49.2 Å². The predicted octanol–water partition coefficient (Wildman–Crippen LogP) is 2.95. The van der Waals surface area contributed by atoms with Crippen LogP contribution >= 0.6 is 31.3 Å². The number of hydrogen-bond acceptors (Lipinski definition) is 11. The maximum absolute atomic E-state index is 11.3. The summed E-state index contributed by atoms with van der Waals surface area (Å²) >= 11 is 0. The summed E-state index contributed by atoms with van der Waals surface area (Å²) in [6.07, 6.45) is 0.875. The molecule has 0 atom stereocenters. The summed E-state index contributed by atoms with van der Waals surface area (Å²) in [4.78, 5) is 0. The largest absolute Gasteiger partial charge is 0.501 e. The zero-order chi connectivity index (χ0) is 13.7. The Bertz CT molecular complexity index is 382. The fourth-order valence-corrected chi connectivity index (χ4v) is 11.4. The Morgan fingerprint density at radius 3 is 1.00 bits per heavy atom. The molecule has 0 radical (unpaired) electrons. The van der Waals surface area contributed by atoms with Crippen molar-refractivity contribution in [3.05, 3.63) is 0 Å². The predicted molar refractivity (Wildman–Crippen MR) is 54.3 cm³/mol. The van der Waals surface area contributed by atoms with Gasteiger partial charge in [0.15, 0.2) is 0 Å². The Labute approximate surface area is 101 Å². The average Bonchev–Trinajstić information content (AvgIpc) is 2.08. The number of aliphatic hydroxyl groups is 1. The van der Waals surface area contributed by atoms with Gasteiger partial charge in [-0.2, -0.15) is 25.9 Å².